The molecule has 0 atom stereocenters. The Morgan fingerprint density at radius 3 is 2.77 bits per heavy atom. The standard InChI is InChI=1S/C10H12N2O/c1-7-4-5-8(2)9(6-7)10(13)12-11-3/h4-6H,3H2,1-2H3,(H,12,13). The van der Waals surface area contributed by atoms with E-state index in [2.05, 4.69) is 17.2 Å². The van der Waals surface area contributed by atoms with E-state index in [-0.39, 0.29) is 5.91 Å². The molecule has 0 unspecified atom stereocenters. The van der Waals surface area contributed by atoms with Gasteiger partial charge in [-0.25, -0.2) is 5.43 Å². The number of hydrazone groups is 1. The first kappa shape index (κ1) is 9.45. The highest BCUT2D eigenvalue weighted by Gasteiger charge is 2.06. The lowest BCUT2D eigenvalue weighted by atomic mass is 10.1. The smallest absolute Gasteiger partial charge is 0.267 e. The first-order valence-electron chi connectivity index (χ1n) is 3.98. The number of nitrogens with zero attached hydrogens (tertiary/aromatic N) is 1. The van der Waals surface area contributed by atoms with Crippen molar-refractivity contribution in [2.45, 2.75) is 13.8 Å². The largest absolute Gasteiger partial charge is 0.271 e. The van der Waals surface area contributed by atoms with Gasteiger partial charge in [0, 0.05) is 12.3 Å². The van der Waals surface area contributed by atoms with Gasteiger partial charge in [-0.2, -0.15) is 5.10 Å². The lowest BCUT2D eigenvalue weighted by Crippen LogP contribution is -2.17. The Hall–Kier alpha value is -1.64. The van der Waals surface area contributed by atoms with Crippen LogP contribution in [-0.2, 0) is 0 Å². The maximum absolute atomic E-state index is 11.4. The molecule has 1 aromatic rings. The molecule has 1 aromatic carbocycles. The van der Waals surface area contributed by atoms with Crippen molar-refractivity contribution in [3.63, 3.8) is 0 Å². The molecule has 68 valence electrons. The number of hydrogen-bond donors (Lipinski definition) is 1. The van der Waals surface area contributed by atoms with E-state index in [0.29, 0.717) is 5.56 Å². The number of nitrogens with one attached hydrogen (secondary N) is 1. The van der Waals surface area contributed by atoms with Crippen LogP contribution in [0.1, 0.15) is 21.5 Å². The van der Waals surface area contributed by atoms with E-state index in [9.17, 15) is 4.79 Å². The Labute approximate surface area is 77.5 Å². The van der Waals surface area contributed by atoms with Crippen molar-refractivity contribution < 1.29 is 4.79 Å². The molecule has 0 saturated carbocycles. The van der Waals surface area contributed by atoms with Crippen molar-refractivity contribution in [2.24, 2.45) is 5.10 Å². The number of aryl methyl sites for hydroxylation is 2. The molecule has 0 saturated heterocycles. The van der Waals surface area contributed by atoms with Crippen molar-refractivity contribution >= 4 is 12.6 Å². The summed E-state index contributed by atoms with van der Waals surface area (Å²) in [4.78, 5) is 11.4. The van der Waals surface area contributed by atoms with Gasteiger partial charge in [-0.1, -0.05) is 17.7 Å². The van der Waals surface area contributed by atoms with Crippen LogP contribution in [0.2, 0.25) is 0 Å². The van der Waals surface area contributed by atoms with E-state index in [4.69, 9.17) is 0 Å². The third kappa shape index (κ3) is 2.15. The summed E-state index contributed by atoms with van der Waals surface area (Å²) in [5.41, 5.74) is 4.94. The molecule has 0 radical (unpaired) electrons. The third-order valence-corrected chi connectivity index (χ3v) is 1.82. The minimum Gasteiger partial charge on any atom is -0.267 e. The van der Waals surface area contributed by atoms with E-state index < -0.39 is 0 Å². The van der Waals surface area contributed by atoms with Gasteiger partial charge in [0.25, 0.3) is 5.91 Å². The second-order valence-electron chi connectivity index (χ2n) is 2.92. The minimum absolute atomic E-state index is 0.212. The Balaban J connectivity index is 3.05. The highest BCUT2D eigenvalue weighted by atomic mass is 16.2. The number of rotatable bonds is 2. The summed E-state index contributed by atoms with van der Waals surface area (Å²) in [6.45, 7) is 7.02. The predicted octanol–water partition coefficient (Wildman–Crippen LogP) is 1.65. The van der Waals surface area contributed by atoms with Gasteiger partial charge in [0.05, 0.1) is 0 Å². The van der Waals surface area contributed by atoms with Crippen LogP contribution in [0.15, 0.2) is 23.3 Å². The predicted molar refractivity (Wildman–Crippen MR) is 52.9 cm³/mol. The quantitative estimate of drug-likeness (QED) is 0.540. The maximum atomic E-state index is 11.4. The zero-order valence-corrected chi connectivity index (χ0v) is 7.79. The van der Waals surface area contributed by atoms with Gasteiger partial charge in [0.1, 0.15) is 0 Å². The average Bonchev–Trinajstić information content (AvgIpc) is 2.09. The van der Waals surface area contributed by atoms with Gasteiger partial charge in [0.15, 0.2) is 0 Å². The SMILES string of the molecule is C=NNC(=O)c1cc(C)ccc1C. The van der Waals surface area contributed by atoms with Crippen molar-refractivity contribution in [1.29, 1.82) is 0 Å². The number of carbonyl (C=O) groups excluding carboxylic acids is 1. The molecule has 0 aliphatic heterocycles. The van der Waals surface area contributed by atoms with E-state index in [1.54, 1.807) is 0 Å². The normalized spacial score (nSPS) is 9.38. The molecule has 0 aliphatic rings. The van der Waals surface area contributed by atoms with Gasteiger partial charge >= 0.3 is 0 Å². The number of amides is 1. The lowest BCUT2D eigenvalue weighted by molar-refractivity contribution is 0.0954. The molecule has 0 aliphatic carbocycles. The van der Waals surface area contributed by atoms with E-state index in [1.165, 1.54) is 0 Å². The average molecular weight is 176 g/mol. The van der Waals surface area contributed by atoms with Crippen LogP contribution >= 0.6 is 0 Å². The van der Waals surface area contributed by atoms with Crippen LogP contribution in [0.25, 0.3) is 0 Å². The Morgan fingerprint density at radius 2 is 2.15 bits per heavy atom. The highest BCUT2D eigenvalue weighted by molar-refractivity contribution is 5.95. The lowest BCUT2D eigenvalue weighted by Gasteiger charge is -2.04. The van der Waals surface area contributed by atoms with Gasteiger partial charge in [-0.05, 0) is 25.5 Å². The summed E-state index contributed by atoms with van der Waals surface area (Å²) in [6, 6.07) is 5.70. The summed E-state index contributed by atoms with van der Waals surface area (Å²) in [6.07, 6.45) is 0. The second-order valence-corrected chi connectivity index (χ2v) is 2.92. The molecule has 13 heavy (non-hydrogen) atoms. The molecule has 3 nitrogen and oxygen atoms in total. The minimum atomic E-state index is -0.212. The van der Waals surface area contributed by atoms with Crippen molar-refractivity contribution in [3.05, 3.63) is 34.9 Å². The zero-order chi connectivity index (χ0) is 9.84. The van der Waals surface area contributed by atoms with E-state index >= 15 is 0 Å². The monoisotopic (exact) mass is 176 g/mol. The molecule has 3 heteroatoms. The van der Waals surface area contributed by atoms with Crippen LogP contribution in [-0.4, -0.2) is 12.6 Å². The molecule has 0 fully saturated rings. The first-order chi connectivity index (χ1) is 6.15. The highest BCUT2D eigenvalue weighted by Crippen LogP contribution is 2.10. The number of carbonyl (C=O) groups is 1. The van der Waals surface area contributed by atoms with Crippen LogP contribution < -0.4 is 5.43 Å². The second kappa shape index (κ2) is 3.85. The fourth-order valence-electron chi connectivity index (χ4n) is 1.11. The first-order valence-corrected chi connectivity index (χ1v) is 3.98. The topological polar surface area (TPSA) is 41.5 Å². The molecule has 1 N–H and O–H groups in total. The van der Waals surface area contributed by atoms with Gasteiger partial charge in [-0.15, -0.1) is 0 Å². The van der Waals surface area contributed by atoms with Crippen LogP contribution in [0, 0.1) is 13.8 Å². The Kier molecular flexibility index (Phi) is 2.80. The van der Waals surface area contributed by atoms with Gasteiger partial charge in [0.2, 0.25) is 0 Å². The summed E-state index contributed by atoms with van der Waals surface area (Å²) in [7, 11) is 0. The Morgan fingerprint density at radius 1 is 1.46 bits per heavy atom. The van der Waals surface area contributed by atoms with Gasteiger partial charge < -0.3 is 0 Å². The van der Waals surface area contributed by atoms with E-state index in [1.807, 2.05) is 32.0 Å². The van der Waals surface area contributed by atoms with Crippen LogP contribution in [0.5, 0.6) is 0 Å². The molecule has 1 amide bonds. The fraction of sp³-hybridized carbons (Fsp3) is 0.200. The zero-order valence-electron chi connectivity index (χ0n) is 7.79. The fourth-order valence-corrected chi connectivity index (χ4v) is 1.11. The van der Waals surface area contributed by atoms with Crippen molar-refractivity contribution in [1.82, 2.24) is 5.43 Å². The molecule has 0 heterocycles. The number of hydrogen-bond acceptors (Lipinski definition) is 2. The summed E-state index contributed by atoms with van der Waals surface area (Å²) < 4.78 is 0. The maximum Gasteiger partial charge on any atom is 0.271 e. The molecule has 1 rings (SSSR count). The van der Waals surface area contributed by atoms with E-state index in [0.717, 1.165) is 11.1 Å². The molecule has 0 aromatic heterocycles. The molecule has 0 spiro atoms. The number of benzene rings is 1. The van der Waals surface area contributed by atoms with Crippen molar-refractivity contribution in [3.8, 4) is 0 Å². The van der Waals surface area contributed by atoms with Gasteiger partial charge in [-0.3, -0.25) is 4.79 Å². The molecule has 0 bridgehead atoms. The summed E-state index contributed by atoms with van der Waals surface area (Å²) in [5.74, 6) is -0.212. The molecular weight excluding hydrogens is 164 g/mol. The molecular formula is C10H12N2O. The van der Waals surface area contributed by atoms with Crippen molar-refractivity contribution in [2.75, 3.05) is 0 Å². The third-order valence-electron chi connectivity index (χ3n) is 1.82. The van der Waals surface area contributed by atoms with Crippen LogP contribution in [0.3, 0.4) is 0 Å². The summed E-state index contributed by atoms with van der Waals surface area (Å²) in [5, 5.41) is 3.33. The van der Waals surface area contributed by atoms with Crippen LogP contribution in [0.4, 0.5) is 0 Å². The Bertz CT molecular complexity index is 345. The summed E-state index contributed by atoms with van der Waals surface area (Å²) >= 11 is 0.